The van der Waals surface area contributed by atoms with Crippen LogP contribution in [-0.2, 0) is 5.41 Å². The van der Waals surface area contributed by atoms with Crippen molar-refractivity contribution < 1.29 is 0 Å². The molecular formula is C20H15Br2N. The summed E-state index contributed by atoms with van der Waals surface area (Å²) < 4.78 is 2.13. The van der Waals surface area contributed by atoms with Crippen LogP contribution in [0.3, 0.4) is 0 Å². The Morgan fingerprint density at radius 3 is 2.13 bits per heavy atom. The number of benzene rings is 2. The van der Waals surface area contributed by atoms with Crippen LogP contribution in [0.25, 0.3) is 22.4 Å². The van der Waals surface area contributed by atoms with Crippen LogP contribution in [0.4, 0.5) is 0 Å². The number of nitrogens with zero attached hydrogens (tertiary/aromatic N) is 1. The van der Waals surface area contributed by atoms with Gasteiger partial charge >= 0.3 is 0 Å². The summed E-state index contributed by atoms with van der Waals surface area (Å²) in [6.45, 7) is 4.59. The second-order valence-corrected chi connectivity index (χ2v) is 8.27. The summed E-state index contributed by atoms with van der Waals surface area (Å²) in [6.07, 6.45) is 1.85. The zero-order chi connectivity index (χ0) is 16.2. The fraction of sp³-hybridized carbons (Fsp3) is 0.150. The first-order chi connectivity index (χ1) is 11.0. The number of halogens is 2. The first kappa shape index (κ1) is 15.1. The monoisotopic (exact) mass is 427 g/mol. The summed E-state index contributed by atoms with van der Waals surface area (Å²) >= 11 is 7.05. The van der Waals surface area contributed by atoms with Crippen molar-refractivity contribution in [2.45, 2.75) is 19.3 Å². The molecule has 3 aromatic rings. The molecule has 23 heavy (non-hydrogen) atoms. The number of rotatable bonds is 1. The number of pyridine rings is 1. The van der Waals surface area contributed by atoms with Gasteiger partial charge in [0.2, 0.25) is 0 Å². The molecule has 0 radical (unpaired) electrons. The highest BCUT2D eigenvalue weighted by Crippen LogP contribution is 2.50. The van der Waals surface area contributed by atoms with E-state index in [4.69, 9.17) is 0 Å². The first-order valence-electron chi connectivity index (χ1n) is 7.54. The number of hydrogen-bond acceptors (Lipinski definition) is 1. The lowest BCUT2D eigenvalue weighted by Crippen LogP contribution is -2.15. The maximum absolute atomic E-state index is 4.53. The summed E-state index contributed by atoms with van der Waals surface area (Å²) in [4.78, 5) is 4.53. The molecular weight excluding hydrogens is 414 g/mol. The Morgan fingerprint density at radius 1 is 0.783 bits per heavy atom. The molecule has 0 amide bonds. The van der Waals surface area contributed by atoms with Gasteiger partial charge in [-0.05, 0) is 68.5 Å². The number of hydrogen-bond donors (Lipinski definition) is 0. The van der Waals surface area contributed by atoms with E-state index in [1.54, 1.807) is 0 Å². The largest absolute Gasteiger partial charge is 0.255 e. The minimum atomic E-state index is -0.000178. The SMILES string of the molecule is CC1(C)c2cc(Br)ccc2-c2ccc(-c3ccc(Br)cn3)cc21. The molecule has 0 saturated heterocycles. The molecule has 0 atom stereocenters. The summed E-state index contributed by atoms with van der Waals surface area (Å²) in [5, 5.41) is 0. The van der Waals surface area contributed by atoms with Gasteiger partial charge in [-0.2, -0.15) is 0 Å². The lowest BCUT2D eigenvalue weighted by atomic mass is 9.82. The van der Waals surface area contributed by atoms with Gasteiger partial charge in [-0.3, -0.25) is 4.98 Å². The van der Waals surface area contributed by atoms with Crippen molar-refractivity contribution >= 4 is 31.9 Å². The molecule has 1 aliphatic carbocycles. The third kappa shape index (κ3) is 2.38. The zero-order valence-corrected chi connectivity index (χ0v) is 16.1. The first-order valence-corrected chi connectivity index (χ1v) is 9.12. The summed E-state index contributed by atoms with van der Waals surface area (Å²) in [5.74, 6) is 0. The Labute approximate surface area is 153 Å². The molecule has 0 aliphatic heterocycles. The van der Waals surface area contributed by atoms with E-state index in [1.807, 2.05) is 12.3 Å². The molecule has 0 spiro atoms. The van der Waals surface area contributed by atoms with Gasteiger partial charge in [0.25, 0.3) is 0 Å². The number of aromatic nitrogens is 1. The summed E-state index contributed by atoms with van der Waals surface area (Å²) in [7, 11) is 0. The molecule has 2 aromatic carbocycles. The Bertz CT molecular complexity index is 911. The Balaban J connectivity index is 1.90. The molecule has 0 fully saturated rings. The Hall–Kier alpha value is -1.45. The molecule has 114 valence electrons. The lowest BCUT2D eigenvalue weighted by molar-refractivity contribution is 0.660. The average molecular weight is 429 g/mol. The molecule has 4 rings (SSSR count). The standard InChI is InChI=1S/C20H15Br2N/c1-20(2)17-9-12(19-8-5-14(22)11-23-19)3-6-15(17)16-7-4-13(21)10-18(16)20/h3-11H,1-2H3. The zero-order valence-electron chi connectivity index (χ0n) is 12.9. The third-order valence-electron chi connectivity index (χ3n) is 4.66. The van der Waals surface area contributed by atoms with Crippen LogP contribution in [0, 0.1) is 0 Å². The molecule has 1 heterocycles. The van der Waals surface area contributed by atoms with E-state index in [-0.39, 0.29) is 5.41 Å². The maximum atomic E-state index is 4.53. The van der Waals surface area contributed by atoms with Crippen LogP contribution in [-0.4, -0.2) is 4.98 Å². The summed E-state index contributed by atoms with van der Waals surface area (Å²) in [5.41, 5.74) is 7.58. The van der Waals surface area contributed by atoms with Crippen LogP contribution in [0.5, 0.6) is 0 Å². The topological polar surface area (TPSA) is 12.9 Å². The van der Waals surface area contributed by atoms with Crippen molar-refractivity contribution in [3.05, 3.63) is 74.8 Å². The van der Waals surface area contributed by atoms with Gasteiger partial charge in [-0.1, -0.05) is 48.0 Å². The molecule has 1 nitrogen and oxygen atoms in total. The van der Waals surface area contributed by atoms with Crippen LogP contribution in [0.15, 0.2) is 63.7 Å². The smallest absolute Gasteiger partial charge is 0.0702 e. The third-order valence-corrected chi connectivity index (χ3v) is 5.62. The van der Waals surface area contributed by atoms with Gasteiger partial charge in [0.1, 0.15) is 0 Å². The van der Waals surface area contributed by atoms with E-state index >= 15 is 0 Å². The van der Waals surface area contributed by atoms with Crippen LogP contribution < -0.4 is 0 Å². The highest BCUT2D eigenvalue weighted by atomic mass is 79.9. The predicted octanol–water partition coefficient (Wildman–Crippen LogP) is 6.58. The quantitative estimate of drug-likeness (QED) is 0.426. The molecule has 3 heteroatoms. The van der Waals surface area contributed by atoms with Gasteiger partial charge < -0.3 is 0 Å². The van der Waals surface area contributed by atoms with Crippen LogP contribution in [0.2, 0.25) is 0 Å². The van der Waals surface area contributed by atoms with E-state index in [9.17, 15) is 0 Å². The van der Waals surface area contributed by atoms with Crippen molar-refractivity contribution in [1.29, 1.82) is 0 Å². The number of fused-ring (bicyclic) bond motifs is 3. The second-order valence-electron chi connectivity index (χ2n) is 6.44. The highest BCUT2D eigenvalue weighted by molar-refractivity contribution is 9.10. The van der Waals surface area contributed by atoms with Crippen molar-refractivity contribution in [1.82, 2.24) is 4.98 Å². The van der Waals surface area contributed by atoms with Gasteiger partial charge in [-0.15, -0.1) is 0 Å². The maximum Gasteiger partial charge on any atom is 0.0702 e. The highest BCUT2D eigenvalue weighted by Gasteiger charge is 2.35. The fourth-order valence-corrected chi connectivity index (χ4v) is 4.01. The van der Waals surface area contributed by atoms with Gasteiger partial charge in [-0.25, -0.2) is 0 Å². The minimum absolute atomic E-state index is 0.000178. The van der Waals surface area contributed by atoms with Crippen molar-refractivity contribution in [2.75, 3.05) is 0 Å². The Kier molecular flexibility index (Phi) is 3.47. The summed E-state index contributed by atoms with van der Waals surface area (Å²) in [6, 6.07) is 17.4. The van der Waals surface area contributed by atoms with E-state index in [0.29, 0.717) is 0 Å². The van der Waals surface area contributed by atoms with Gasteiger partial charge in [0.05, 0.1) is 5.69 Å². The lowest BCUT2D eigenvalue weighted by Gasteiger charge is -2.22. The fourth-order valence-electron chi connectivity index (χ4n) is 3.42. The molecule has 0 saturated carbocycles. The van der Waals surface area contributed by atoms with E-state index in [0.717, 1.165) is 20.2 Å². The molecule has 1 aromatic heterocycles. The minimum Gasteiger partial charge on any atom is -0.255 e. The molecule has 1 aliphatic rings. The average Bonchev–Trinajstić information content (AvgIpc) is 2.76. The van der Waals surface area contributed by atoms with Crippen molar-refractivity contribution in [3.63, 3.8) is 0 Å². The molecule has 0 N–H and O–H groups in total. The molecule has 0 unspecified atom stereocenters. The molecule has 0 bridgehead atoms. The Morgan fingerprint density at radius 2 is 1.43 bits per heavy atom. The normalized spacial score (nSPS) is 14.4. The van der Waals surface area contributed by atoms with Crippen molar-refractivity contribution in [2.24, 2.45) is 0 Å². The van der Waals surface area contributed by atoms with E-state index in [1.165, 1.54) is 22.3 Å². The second kappa shape index (κ2) is 5.29. The van der Waals surface area contributed by atoms with Gasteiger partial charge in [0, 0.05) is 26.1 Å². The van der Waals surface area contributed by atoms with Gasteiger partial charge in [0.15, 0.2) is 0 Å². The van der Waals surface area contributed by atoms with E-state index < -0.39 is 0 Å². The van der Waals surface area contributed by atoms with Crippen molar-refractivity contribution in [3.8, 4) is 22.4 Å². The van der Waals surface area contributed by atoms with E-state index in [2.05, 4.69) is 93.2 Å². The van der Waals surface area contributed by atoms with Crippen LogP contribution >= 0.6 is 31.9 Å². The van der Waals surface area contributed by atoms with Crippen LogP contribution in [0.1, 0.15) is 25.0 Å². The predicted molar refractivity (Wildman–Crippen MR) is 103 cm³/mol.